The summed E-state index contributed by atoms with van der Waals surface area (Å²) >= 11 is 0. The minimum absolute atomic E-state index is 0.100. The van der Waals surface area contributed by atoms with Gasteiger partial charge in [-0.05, 0) is 42.8 Å². The van der Waals surface area contributed by atoms with Gasteiger partial charge in [-0.3, -0.25) is 9.78 Å². The number of pyridine rings is 1. The Kier molecular flexibility index (Phi) is 10.1. The van der Waals surface area contributed by atoms with E-state index in [-0.39, 0.29) is 37.8 Å². The number of methoxy groups -OCH3 is 1. The lowest BCUT2D eigenvalue weighted by Gasteiger charge is -2.30. The van der Waals surface area contributed by atoms with E-state index in [9.17, 15) is 22.8 Å². The van der Waals surface area contributed by atoms with Crippen molar-refractivity contribution >= 4 is 17.7 Å². The number of carbonyl (C=O) groups excluding carboxylic acids is 2. The molecule has 0 saturated carbocycles. The van der Waals surface area contributed by atoms with Gasteiger partial charge < -0.3 is 29.9 Å². The number of nitrogens with one attached hydrogen (secondary N) is 2. The van der Waals surface area contributed by atoms with Gasteiger partial charge in [0.15, 0.2) is 0 Å². The number of rotatable bonds is 11. The molecular weight excluding hydrogens is 491 g/mol. The van der Waals surface area contributed by atoms with E-state index in [1.165, 1.54) is 24.3 Å². The van der Waals surface area contributed by atoms with Gasteiger partial charge in [0.1, 0.15) is 6.61 Å². The summed E-state index contributed by atoms with van der Waals surface area (Å²) in [5.41, 5.74) is 1.62. The molecule has 0 unspecified atom stereocenters. The first-order valence-corrected chi connectivity index (χ1v) is 11.9. The third-order valence-electron chi connectivity index (χ3n) is 5.99. The molecule has 1 aliphatic heterocycles. The lowest BCUT2D eigenvalue weighted by Crippen LogP contribution is -2.40. The average molecular weight is 524 g/mol. The van der Waals surface area contributed by atoms with Gasteiger partial charge in [-0.2, -0.15) is 13.2 Å². The van der Waals surface area contributed by atoms with Crippen molar-refractivity contribution in [1.82, 2.24) is 20.1 Å². The number of ether oxygens (including phenoxy) is 2. The van der Waals surface area contributed by atoms with E-state index in [0.717, 1.165) is 22.9 Å². The number of aromatic nitrogens is 1. The van der Waals surface area contributed by atoms with Crippen LogP contribution in [0.5, 0.6) is 0 Å². The Bertz CT molecular complexity index is 1070. The summed E-state index contributed by atoms with van der Waals surface area (Å²) < 4.78 is 50.4. The number of amides is 2. The lowest BCUT2D eigenvalue weighted by molar-refractivity contribution is -0.140. The average Bonchev–Trinajstić information content (AvgIpc) is 2.89. The molecule has 0 aliphatic carbocycles. The summed E-state index contributed by atoms with van der Waals surface area (Å²) in [6.07, 6.45) is -3.12. The predicted molar refractivity (Wildman–Crippen MR) is 131 cm³/mol. The Hall–Kier alpha value is -3.38. The largest absolute Gasteiger partial charge is 0.447 e. The molecule has 0 spiro atoms. The van der Waals surface area contributed by atoms with Crippen LogP contribution in [0.1, 0.15) is 22.4 Å². The molecule has 0 radical (unpaired) electrons. The second-order valence-electron chi connectivity index (χ2n) is 8.49. The Morgan fingerprint density at radius 3 is 2.73 bits per heavy atom. The first-order valence-electron chi connectivity index (χ1n) is 11.9. The molecule has 12 heteroatoms. The summed E-state index contributed by atoms with van der Waals surface area (Å²) in [6, 6.07) is 7.78. The second kappa shape index (κ2) is 13.2. The normalized spacial score (nSPS) is 13.2. The van der Waals surface area contributed by atoms with Crippen LogP contribution >= 0.6 is 0 Å². The predicted octanol–water partition coefficient (Wildman–Crippen LogP) is 2.90. The summed E-state index contributed by atoms with van der Waals surface area (Å²) in [5, 5.41) is 6.06. The fourth-order valence-corrected chi connectivity index (χ4v) is 4.06. The molecule has 37 heavy (non-hydrogen) atoms. The van der Waals surface area contributed by atoms with Crippen LogP contribution in [-0.2, 0) is 40.0 Å². The monoisotopic (exact) mass is 523 g/mol. The van der Waals surface area contributed by atoms with Crippen LogP contribution in [0, 0.1) is 0 Å². The molecule has 2 N–H and O–H groups in total. The van der Waals surface area contributed by atoms with Crippen molar-refractivity contribution < 1.29 is 32.2 Å². The van der Waals surface area contributed by atoms with Crippen LogP contribution in [-0.4, -0.2) is 80.3 Å². The van der Waals surface area contributed by atoms with Crippen LogP contribution in [0.15, 0.2) is 36.5 Å². The molecule has 1 aliphatic rings. The zero-order valence-electron chi connectivity index (χ0n) is 20.9. The summed E-state index contributed by atoms with van der Waals surface area (Å²) in [6.45, 7) is 1.60. The summed E-state index contributed by atoms with van der Waals surface area (Å²) in [5.74, 6) is -0.356. The highest BCUT2D eigenvalue weighted by Gasteiger charge is 2.34. The molecule has 2 amide bonds. The number of fused-ring (bicyclic) bond motifs is 1. The fourth-order valence-electron chi connectivity index (χ4n) is 4.06. The number of anilines is 1. The van der Waals surface area contributed by atoms with E-state index in [1.54, 1.807) is 11.9 Å². The number of hydrogen-bond donors (Lipinski definition) is 2. The summed E-state index contributed by atoms with van der Waals surface area (Å²) in [7, 11) is 3.23. The Morgan fingerprint density at radius 2 is 2.00 bits per heavy atom. The molecule has 0 saturated heterocycles. The van der Waals surface area contributed by atoms with Gasteiger partial charge in [0, 0.05) is 45.2 Å². The van der Waals surface area contributed by atoms with E-state index in [4.69, 9.17) is 9.47 Å². The van der Waals surface area contributed by atoms with E-state index < -0.39 is 17.8 Å². The maximum absolute atomic E-state index is 13.4. The van der Waals surface area contributed by atoms with Crippen molar-refractivity contribution in [2.24, 2.45) is 0 Å². The van der Waals surface area contributed by atoms with Crippen molar-refractivity contribution in [2.75, 3.05) is 58.9 Å². The van der Waals surface area contributed by atoms with Crippen molar-refractivity contribution in [1.29, 1.82) is 0 Å². The zero-order valence-corrected chi connectivity index (χ0v) is 20.9. The standard InChI is InChI=1S/C25H32F3N5O4/c1-29-10-12-32(17-22-20(25(26,27)28)6-4-9-30-22)23(34)15-31-21-7-3-5-18-16-33(11-8-19(18)21)24(35)37-14-13-36-2/h3-7,9,29,31H,8,10-17H2,1-2H3. The molecule has 202 valence electrons. The molecular formula is C25H32F3N5O4. The van der Waals surface area contributed by atoms with Crippen molar-refractivity contribution in [3.8, 4) is 0 Å². The van der Waals surface area contributed by atoms with E-state index in [1.807, 2.05) is 18.2 Å². The number of nitrogens with zero attached hydrogens (tertiary/aromatic N) is 3. The van der Waals surface area contributed by atoms with Crippen molar-refractivity contribution in [3.63, 3.8) is 0 Å². The Morgan fingerprint density at radius 1 is 1.19 bits per heavy atom. The number of benzene rings is 1. The number of hydrogen-bond acceptors (Lipinski definition) is 7. The quantitative estimate of drug-likeness (QED) is 0.438. The highest BCUT2D eigenvalue weighted by Crippen LogP contribution is 2.31. The molecule has 0 bridgehead atoms. The second-order valence-corrected chi connectivity index (χ2v) is 8.49. The van der Waals surface area contributed by atoms with Crippen molar-refractivity contribution in [2.45, 2.75) is 25.7 Å². The summed E-state index contributed by atoms with van der Waals surface area (Å²) in [4.78, 5) is 32.2. The molecule has 2 heterocycles. The van der Waals surface area contributed by atoms with Crippen LogP contribution < -0.4 is 10.6 Å². The Balaban J connectivity index is 1.67. The zero-order chi connectivity index (χ0) is 26.8. The number of halogens is 3. The Labute approximate surface area is 213 Å². The molecule has 2 aromatic rings. The molecule has 0 atom stereocenters. The fraction of sp³-hybridized carbons (Fsp3) is 0.480. The van der Waals surface area contributed by atoms with E-state index in [0.29, 0.717) is 32.7 Å². The van der Waals surface area contributed by atoms with Crippen LogP contribution in [0.4, 0.5) is 23.7 Å². The maximum atomic E-state index is 13.4. The first kappa shape index (κ1) is 28.2. The number of alkyl halides is 3. The van der Waals surface area contributed by atoms with Gasteiger partial charge in [0.2, 0.25) is 5.91 Å². The van der Waals surface area contributed by atoms with E-state index >= 15 is 0 Å². The van der Waals surface area contributed by atoms with Crippen LogP contribution in [0.3, 0.4) is 0 Å². The van der Waals surface area contributed by atoms with Gasteiger partial charge in [0.05, 0.1) is 31.0 Å². The smallest absolute Gasteiger partial charge is 0.418 e. The first-order chi connectivity index (χ1) is 17.7. The van der Waals surface area contributed by atoms with Crippen LogP contribution in [0.2, 0.25) is 0 Å². The topological polar surface area (TPSA) is 96.0 Å². The minimum atomic E-state index is -4.56. The molecule has 9 nitrogen and oxygen atoms in total. The number of likely N-dealkylation sites (N-methyl/N-ethyl adjacent to an activating group) is 1. The van der Waals surface area contributed by atoms with Gasteiger partial charge in [-0.1, -0.05) is 12.1 Å². The van der Waals surface area contributed by atoms with Gasteiger partial charge in [-0.25, -0.2) is 4.79 Å². The van der Waals surface area contributed by atoms with Gasteiger partial charge in [-0.15, -0.1) is 0 Å². The molecule has 0 fully saturated rings. The van der Waals surface area contributed by atoms with E-state index in [2.05, 4.69) is 15.6 Å². The van der Waals surface area contributed by atoms with Crippen LogP contribution in [0.25, 0.3) is 0 Å². The van der Waals surface area contributed by atoms with Crippen molar-refractivity contribution in [3.05, 3.63) is 58.9 Å². The third kappa shape index (κ3) is 7.80. The minimum Gasteiger partial charge on any atom is -0.447 e. The maximum Gasteiger partial charge on any atom is 0.418 e. The highest BCUT2D eigenvalue weighted by atomic mass is 19.4. The van der Waals surface area contributed by atoms with Gasteiger partial charge in [0.25, 0.3) is 0 Å². The molecule has 3 rings (SSSR count). The molecule has 1 aromatic heterocycles. The third-order valence-corrected chi connectivity index (χ3v) is 5.99. The lowest BCUT2D eigenvalue weighted by atomic mass is 9.98. The molecule has 1 aromatic carbocycles. The SMILES string of the molecule is CNCCN(Cc1ncccc1C(F)(F)F)C(=O)CNc1cccc2c1CCN(C(=O)OCCOC)C2. The van der Waals surface area contributed by atoms with Gasteiger partial charge >= 0.3 is 12.3 Å². The number of carbonyl (C=O) groups is 2. The highest BCUT2D eigenvalue weighted by molar-refractivity contribution is 5.81.